The lowest BCUT2D eigenvalue weighted by atomic mass is 10.0. The Bertz CT molecular complexity index is 480. The van der Waals surface area contributed by atoms with Gasteiger partial charge in [0.05, 0.1) is 13.2 Å². The molecule has 1 N–H and O–H groups in total. The fourth-order valence-electron chi connectivity index (χ4n) is 2.27. The highest BCUT2D eigenvalue weighted by Gasteiger charge is 2.57. The molecule has 1 fully saturated rings. The molecule has 0 spiro atoms. The lowest BCUT2D eigenvalue weighted by Gasteiger charge is -2.17. The Morgan fingerprint density at radius 1 is 1.30 bits per heavy atom. The molecule has 1 aromatic carbocycles. The van der Waals surface area contributed by atoms with Gasteiger partial charge in [-0.2, -0.15) is 0 Å². The summed E-state index contributed by atoms with van der Waals surface area (Å²) < 4.78 is 4.99. The van der Waals surface area contributed by atoms with Crippen LogP contribution in [0.2, 0.25) is 0 Å². The number of hydrogen-bond donors (Lipinski definition) is 1. The van der Waals surface area contributed by atoms with Gasteiger partial charge in [0.25, 0.3) is 0 Å². The van der Waals surface area contributed by atoms with Crippen LogP contribution in [0.5, 0.6) is 0 Å². The molecule has 0 heterocycles. The molecule has 2 rings (SSSR count). The van der Waals surface area contributed by atoms with Crippen molar-refractivity contribution in [3.63, 3.8) is 0 Å². The van der Waals surface area contributed by atoms with E-state index in [4.69, 9.17) is 4.74 Å². The van der Waals surface area contributed by atoms with Crippen molar-refractivity contribution in [2.45, 2.75) is 32.7 Å². The molecule has 4 heteroatoms. The van der Waals surface area contributed by atoms with E-state index in [1.165, 1.54) is 0 Å². The van der Waals surface area contributed by atoms with Crippen molar-refractivity contribution in [3.8, 4) is 0 Å². The topological polar surface area (TPSA) is 55.4 Å². The SMILES string of the molecule is CCOC(=O)C1(C(=O)CN[C@@H](C)c2ccccc2)CC1. The number of carbonyl (C=O) groups excluding carboxylic acids is 2. The Hall–Kier alpha value is -1.68. The number of ether oxygens (including phenoxy) is 1. The van der Waals surface area contributed by atoms with Gasteiger partial charge < -0.3 is 10.1 Å². The monoisotopic (exact) mass is 275 g/mol. The maximum absolute atomic E-state index is 12.2. The van der Waals surface area contributed by atoms with Crippen molar-refractivity contribution in [2.24, 2.45) is 5.41 Å². The molecule has 0 unspecified atom stereocenters. The number of ketones is 1. The predicted octanol–water partition coefficient (Wildman–Crippen LogP) is 2.25. The van der Waals surface area contributed by atoms with Crippen LogP contribution in [0.4, 0.5) is 0 Å². The van der Waals surface area contributed by atoms with Crippen LogP contribution in [0.3, 0.4) is 0 Å². The third-order valence-corrected chi connectivity index (χ3v) is 3.82. The zero-order valence-corrected chi connectivity index (χ0v) is 12.0. The molecule has 0 bridgehead atoms. The van der Waals surface area contributed by atoms with E-state index < -0.39 is 5.41 Å². The van der Waals surface area contributed by atoms with Gasteiger partial charge in [0.1, 0.15) is 5.41 Å². The van der Waals surface area contributed by atoms with Crippen LogP contribution < -0.4 is 5.32 Å². The number of Topliss-reactive ketones (excluding diaryl/α,β-unsaturated/α-hetero) is 1. The summed E-state index contributed by atoms with van der Waals surface area (Å²) in [6, 6.07) is 10.0. The first-order valence-electron chi connectivity index (χ1n) is 7.09. The number of carbonyl (C=O) groups is 2. The van der Waals surface area contributed by atoms with Crippen molar-refractivity contribution in [1.82, 2.24) is 5.32 Å². The molecule has 1 atom stereocenters. The maximum atomic E-state index is 12.2. The Kier molecular flexibility index (Phi) is 4.55. The number of benzene rings is 1. The summed E-state index contributed by atoms with van der Waals surface area (Å²) in [7, 11) is 0. The first kappa shape index (κ1) is 14.7. The Balaban J connectivity index is 1.88. The Labute approximate surface area is 119 Å². The first-order valence-corrected chi connectivity index (χ1v) is 7.09. The van der Waals surface area contributed by atoms with Gasteiger partial charge in [0.2, 0.25) is 0 Å². The van der Waals surface area contributed by atoms with Crippen LogP contribution in [0.1, 0.15) is 38.3 Å². The number of hydrogen-bond acceptors (Lipinski definition) is 4. The lowest BCUT2D eigenvalue weighted by molar-refractivity contribution is -0.153. The van der Waals surface area contributed by atoms with Crippen molar-refractivity contribution in [3.05, 3.63) is 35.9 Å². The van der Waals surface area contributed by atoms with E-state index in [-0.39, 0.29) is 24.3 Å². The Morgan fingerprint density at radius 2 is 1.95 bits per heavy atom. The minimum Gasteiger partial charge on any atom is -0.465 e. The third-order valence-electron chi connectivity index (χ3n) is 3.82. The van der Waals surface area contributed by atoms with Crippen molar-refractivity contribution < 1.29 is 14.3 Å². The average molecular weight is 275 g/mol. The molecular weight excluding hydrogens is 254 g/mol. The number of rotatable bonds is 7. The van der Waals surface area contributed by atoms with Gasteiger partial charge in [-0.1, -0.05) is 30.3 Å². The zero-order valence-electron chi connectivity index (χ0n) is 12.0. The molecule has 4 nitrogen and oxygen atoms in total. The number of nitrogens with one attached hydrogen (secondary N) is 1. The molecule has 0 amide bonds. The second kappa shape index (κ2) is 6.18. The van der Waals surface area contributed by atoms with Crippen LogP contribution in [-0.4, -0.2) is 24.9 Å². The maximum Gasteiger partial charge on any atom is 0.319 e. The summed E-state index contributed by atoms with van der Waals surface area (Å²) in [5, 5.41) is 3.18. The smallest absolute Gasteiger partial charge is 0.319 e. The van der Waals surface area contributed by atoms with Crippen molar-refractivity contribution >= 4 is 11.8 Å². The van der Waals surface area contributed by atoms with Crippen LogP contribution in [-0.2, 0) is 14.3 Å². The molecule has 20 heavy (non-hydrogen) atoms. The van der Waals surface area contributed by atoms with Crippen LogP contribution in [0, 0.1) is 5.41 Å². The van der Waals surface area contributed by atoms with E-state index in [0.29, 0.717) is 19.4 Å². The zero-order chi connectivity index (χ0) is 14.6. The van der Waals surface area contributed by atoms with E-state index in [2.05, 4.69) is 5.32 Å². The minimum absolute atomic E-state index is 0.0567. The largest absolute Gasteiger partial charge is 0.465 e. The van der Waals surface area contributed by atoms with Crippen molar-refractivity contribution in [2.75, 3.05) is 13.2 Å². The quantitative estimate of drug-likeness (QED) is 0.612. The van der Waals surface area contributed by atoms with E-state index >= 15 is 0 Å². The molecule has 0 saturated heterocycles. The summed E-state index contributed by atoms with van der Waals surface area (Å²) in [5.74, 6) is -0.419. The van der Waals surface area contributed by atoms with Gasteiger partial charge in [0, 0.05) is 6.04 Å². The standard InChI is InChI=1S/C16H21NO3/c1-3-20-15(19)16(9-10-16)14(18)11-17-12(2)13-7-5-4-6-8-13/h4-8,12,17H,3,9-11H2,1-2H3/t12-/m0/s1. The molecule has 1 aliphatic rings. The van der Waals surface area contributed by atoms with Gasteiger partial charge in [-0.15, -0.1) is 0 Å². The highest BCUT2D eigenvalue weighted by Crippen LogP contribution is 2.47. The molecule has 0 aliphatic heterocycles. The van der Waals surface area contributed by atoms with E-state index in [1.54, 1.807) is 6.92 Å². The summed E-state index contributed by atoms with van der Waals surface area (Å²) in [4.78, 5) is 24.0. The molecule has 1 aromatic rings. The molecular formula is C16H21NO3. The normalized spacial score (nSPS) is 17.3. The van der Waals surface area contributed by atoms with E-state index in [0.717, 1.165) is 5.56 Å². The predicted molar refractivity (Wildman–Crippen MR) is 76.2 cm³/mol. The fourth-order valence-corrected chi connectivity index (χ4v) is 2.27. The molecule has 1 aliphatic carbocycles. The van der Waals surface area contributed by atoms with E-state index in [1.807, 2.05) is 37.3 Å². The van der Waals surface area contributed by atoms with Crippen molar-refractivity contribution in [1.29, 1.82) is 0 Å². The second-order valence-electron chi connectivity index (χ2n) is 5.24. The third kappa shape index (κ3) is 3.07. The van der Waals surface area contributed by atoms with Crippen LogP contribution in [0.25, 0.3) is 0 Å². The van der Waals surface area contributed by atoms with Gasteiger partial charge in [-0.3, -0.25) is 9.59 Å². The van der Waals surface area contributed by atoms with Gasteiger partial charge >= 0.3 is 5.97 Å². The molecule has 108 valence electrons. The summed E-state index contributed by atoms with van der Waals surface area (Å²) in [6.45, 7) is 4.29. The average Bonchev–Trinajstić information content (AvgIpc) is 3.27. The minimum atomic E-state index is -0.862. The molecule has 0 aromatic heterocycles. The summed E-state index contributed by atoms with van der Waals surface area (Å²) in [6.07, 6.45) is 1.23. The van der Waals surface area contributed by atoms with Crippen LogP contribution in [0.15, 0.2) is 30.3 Å². The lowest BCUT2D eigenvalue weighted by Crippen LogP contribution is -2.36. The second-order valence-corrected chi connectivity index (χ2v) is 5.24. The molecule has 0 radical (unpaired) electrons. The summed E-state index contributed by atoms with van der Waals surface area (Å²) in [5.41, 5.74) is 0.264. The van der Waals surface area contributed by atoms with Gasteiger partial charge in [-0.25, -0.2) is 0 Å². The highest BCUT2D eigenvalue weighted by atomic mass is 16.5. The fraction of sp³-hybridized carbons (Fsp3) is 0.500. The molecule has 1 saturated carbocycles. The van der Waals surface area contributed by atoms with Gasteiger partial charge in [-0.05, 0) is 32.3 Å². The van der Waals surface area contributed by atoms with Gasteiger partial charge in [0.15, 0.2) is 5.78 Å². The highest BCUT2D eigenvalue weighted by molar-refractivity contribution is 6.07. The number of esters is 1. The Morgan fingerprint density at radius 3 is 2.50 bits per heavy atom. The van der Waals surface area contributed by atoms with Crippen LogP contribution >= 0.6 is 0 Å². The summed E-state index contributed by atoms with van der Waals surface area (Å²) >= 11 is 0. The first-order chi connectivity index (χ1) is 9.60. The van der Waals surface area contributed by atoms with E-state index in [9.17, 15) is 9.59 Å².